The zero-order valence-corrected chi connectivity index (χ0v) is 15.4. The Bertz CT molecular complexity index is 719. The van der Waals surface area contributed by atoms with Gasteiger partial charge in [-0.1, -0.05) is 0 Å². The van der Waals surface area contributed by atoms with Gasteiger partial charge in [-0.15, -0.1) is 0 Å². The molecule has 1 amide bonds. The maximum atomic E-state index is 12.8. The van der Waals surface area contributed by atoms with Crippen molar-refractivity contribution in [3.63, 3.8) is 0 Å². The minimum absolute atomic E-state index is 0.411. The van der Waals surface area contributed by atoms with Crippen LogP contribution in [0.5, 0.6) is 5.75 Å². The molecule has 7 heteroatoms. The number of carboxylic acids is 1. The number of rotatable bonds is 5. The third-order valence-electron chi connectivity index (χ3n) is 3.29. The number of amides is 1. The molecule has 1 aromatic carbocycles. The molecule has 0 saturated heterocycles. The predicted octanol–water partition coefficient (Wildman–Crippen LogP) is 4.32. The van der Waals surface area contributed by atoms with E-state index in [0.29, 0.717) is 17.0 Å². The van der Waals surface area contributed by atoms with Gasteiger partial charge in [0.25, 0.3) is 0 Å². The van der Waals surface area contributed by atoms with Gasteiger partial charge >= 0.3 is 12.1 Å². The largest absolute Gasteiger partial charge is 0.497 e. The Morgan fingerprint density at radius 2 is 1.80 bits per heavy atom. The number of hydrogen-bond acceptors (Lipinski definition) is 5. The number of carbonyl (C=O) groups excluding carboxylic acids is 1. The summed E-state index contributed by atoms with van der Waals surface area (Å²) < 4.78 is 10.6. The van der Waals surface area contributed by atoms with E-state index in [9.17, 15) is 14.7 Å². The Kier molecular flexibility index (Phi) is 5.69. The van der Waals surface area contributed by atoms with Crippen LogP contribution in [0.2, 0.25) is 0 Å². The van der Waals surface area contributed by atoms with Crippen LogP contribution in [0.4, 0.5) is 10.5 Å². The highest BCUT2D eigenvalue weighted by molar-refractivity contribution is 7.08. The third-order valence-corrected chi connectivity index (χ3v) is 3.99. The fourth-order valence-electron chi connectivity index (χ4n) is 2.25. The fraction of sp³-hybridized carbons (Fsp3) is 0.333. The number of nitrogens with zero attached hydrogens (tertiary/aromatic N) is 1. The van der Waals surface area contributed by atoms with Crippen molar-refractivity contribution in [1.29, 1.82) is 0 Å². The van der Waals surface area contributed by atoms with Crippen LogP contribution >= 0.6 is 11.3 Å². The third kappa shape index (κ3) is 4.73. The van der Waals surface area contributed by atoms with E-state index >= 15 is 0 Å². The SMILES string of the molecule is COc1ccc(N(C(=O)OC(C)(C)C)[C@@H](C(=O)O)c2ccsc2)cc1. The summed E-state index contributed by atoms with van der Waals surface area (Å²) in [5.41, 5.74) is 0.173. The molecule has 0 radical (unpaired) electrons. The molecule has 0 bridgehead atoms. The van der Waals surface area contributed by atoms with Gasteiger partial charge in [0, 0.05) is 5.69 Å². The minimum atomic E-state index is -1.19. The fourth-order valence-corrected chi connectivity index (χ4v) is 2.93. The summed E-state index contributed by atoms with van der Waals surface area (Å²) in [6, 6.07) is 7.09. The molecular formula is C18H21NO5S. The molecule has 2 aromatic rings. The van der Waals surface area contributed by atoms with Crippen LogP contribution in [0.3, 0.4) is 0 Å². The molecule has 134 valence electrons. The Labute approximate surface area is 150 Å². The number of aliphatic carboxylic acids is 1. The van der Waals surface area contributed by atoms with Gasteiger partial charge in [-0.2, -0.15) is 11.3 Å². The van der Waals surface area contributed by atoms with E-state index in [4.69, 9.17) is 9.47 Å². The Hall–Kier alpha value is -2.54. The normalized spacial score (nSPS) is 12.3. The van der Waals surface area contributed by atoms with E-state index in [0.717, 1.165) is 4.90 Å². The molecule has 0 saturated carbocycles. The van der Waals surface area contributed by atoms with Gasteiger partial charge in [0.05, 0.1) is 7.11 Å². The van der Waals surface area contributed by atoms with E-state index < -0.39 is 23.7 Å². The molecule has 0 fully saturated rings. The Morgan fingerprint density at radius 3 is 2.24 bits per heavy atom. The lowest BCUT2D eigenvalue weighted by atomic mass is 10.1. The molecule has 0 unspecified atom stereocenters. The number of hydrogen-bond donors (Lipinski definition) is 1. The summed E-state index contributed by atoms with van der Waals surface area (Å²) >= 11 is 1.37. The summed E-state index contributed by atoms with van der Waals surface area (Å²) in [5.74, 6) is -0.532. The van der Waals surface area contributed by atoms with Gasteiger partial charge < -0.3 is 14.6 Å². The zero-order chi connectivity index (χ0) is 18.6. The molecule has 0 aliphatic heterocycles. The lowest BCUT2D eigenvalue weighted by molar-refractivity contribution is -0.138. The van der Waals surface area contributed by atoms with Crippen LogP contribution in [0.25, 0.3) is 0 Å². The summed E-state index contributed by atoms with van der Waals surface area (Å²) in [4.78, 5) is 25.9. The van der Waals surface area contributed by atoms with Gasteiger partial charge in [-0.05, 0) is 67.4 Å². The van der Waals surface area contributed by atoms with E-state index in [2.05, 4.69) is 0 Å². The summed E-state index contributed by atoms with van der Waals surface area (Å²) in [5, 5.41) is 13.2. The van der Waals surface area contributed by atoms with Crippen molar-refractivity contribution in [2.75, 3.05) is 12.0 Å². The van der Waals surface area contributed by atoms with Crippen LogP contribution in [0.1, 0.15) is 32.4 Å². The second-order valence-electron chi connectivity index (χ2n) is 6.35. The number of carboxylic acid groups (broad SMARTS) is 1. The number of benzene rings is 1. The molecule has 1 atom stereocenters. The van der Waals surface area contributed by atoms with Gasteiger partial charge in [0.2, 0.25) is 0 Å². The highest BCUT2D eigenvalue weighted by Crippen LogP contribution is 2.32. The van der Waals surface area contributed by atoms with Gasteiger partial charge in [-0.25, -0.2) is 9.59 Å². The number of anilines is 1. The average Bonchev–Trinajstić information content (AvgIpc) is 3.04. The standard InChI is InChI=1S/C18H21NO5S/c1-18(2,3)24-17(22)19(13-5-7-14(23-4)8-6-13)15(16(20)21)12-9-10-25-11-12/h5-11,15H,1-4H3,(H,20,21)/t15-/m1/s1. The van der Waals surface area contributed by atoms with Crippen LogP contribution in [-0.4, -0.2) is 29.9 Å². The van der Waals surface area contributed by atoms with Crippen LogP contribution in [0, 0.1) is 0 Å². The first-order valence-corrected chi connectivity index (χ1v) is 8.58. The second kappa shape index (κ2) is 7.57. The lowest BCUT2D eigenvalue weighted by Gasteiger charge is -2.31. The highest BCUT2D eigenvalue weighted by Gasteiger charge is 2.35. The van der Waals surface area contributed by atoms with E-state index in [1.807, 2.05) is 0 Å². The maximum absolute atomic E-state index is 12.8. The number of ether oxygens (including phenoxy) is 2. The van der Waals surface area contributed by atoms with Crippen molar-refractivity contribution in [1.82, 2.24) is 0 Å². The van der Waals surface area contributed by atoms with E-state index in [1.165, 1.54) is 18.4 Å². The van der Waals surface area contributed by atoms with Crippen LogP contribution in [-0.2, 0) is 9.53 Å². The number of methoxy groups -OCH3 is 1. The predicted molar refractivity (Wildman–Crippen MR) is 96.4 cm³/mol. The monoisotopic (exact) mass is 363 g/mol. The molecule has 2 rings (SSSR count). The first-order chi connectivity index (χ1) is 11.7. The molecule has 6 nitrogen and oxygen atoms in total. The van der Waals surface area contributed by atoms with Crippen molar-refractivity contribution < 1.29 is 24.2 Å². The molecular weight excluding hydrogens is 342 g/mol. The summed E-state index contributed by atoms with van der Waals surface area (Å²) in [6.07, 6.45) is -0.726. The number of thiophene rings is 1. The second-order valence-corrected chi connectivity index (χ2v) is 7.13. The smallest absolute Gasteiger partial charge is 0.415 e. The Balaban J connectivity index is 2.49. The van der Waals surface area contributed by atoms with Gasteiger partial charge in [0.1, 0.15) is 11.4 Å². The summed E-state index contributed by atoms with van der Waals surface area (Å²) in [7, 11) is 1.53. The van der Waals surface area contributed by atoms with Crippen molar-refractivity contribution in [3.05, 3.63) is 46.7 Å². The van der Waals surface area contributed by atoms with Crippen molar-refractivity contribution in [2.45, 2.75) is 32.4 Å². The zero-order valence-electron chi connectivity index (χ0n) is 14.6. The minimum Gasteiger partial charge on any atom is -0.497 e. The first kappa shape index (κ1) is 18.8. The quantitative estimate of drug-likeness (QED) is 0.856. The van der Waals surface area contributed by atoms with Crippen LogP contribution in [0.15, 0.2) is 41.1 Å². The average molecular weight is 363 g/mol. The van der Waals surface area contributed by atoms with Crippen molar-refractivity contribution in [3.8, 4) is 5.75 Å². The van der Waals surface area contributed by atoms with Crippen molar-refractivity contribution in [2.24, 2.45) is 0 Å². The summed E-state index contributed by atoms with van der Waals surface area (Å²) in [6.45, 7) is 5.20. The van der Waals surface area contributed by atoms with Crippen LogP contribution < -0.4 is 9.64 Å². The molecule has 0 aliphatic rings. The Morgan fingerprint density at radius 1 is 1.16 bits per heavy atom. The lowest BCUT2D eigenvalue weighted by Crippen LogP contribution is -2.42. The maximum Gasteiger partial charge on any atom is 0.415 e. The number of carbonyl (C=O) groups is 2. The van der Waals surface area contributed by atoms with Gasteiger partial charge in [0.15, 0.2) is 6.04 Å². The van der Waals surface area contributed by atoms with E-state index in [-0.39, 0.29) is 0 Å². The first-order valence-electron chi connectivity index (χ1n) is 7.64. The van der Waals surface area contributed by atoms with Gasteiger partial charge in [-0.3, -0.25) is 4.90 Å². The van der Waals surface area contributed by atoms with E-state index in [1.54, 1.807) is 61.9 Å². The molecule has 1 N–H and O–H groups in total. The molecule has 25 heavy (non-hydrogen) atoms. The molecule has 0 spiro atoms. The highest BCUT2D eigenvalue weighted by atomic mass is 32.1. The topological polar surface area (TPSA) is 76.1 Å². The molecule has 0 aliphatic carbocycles. The van der Waals surface area contributed by atoms with Crippen molar-refractivity contribution >= 4 is 29.1 Å². The molecule has 1 heterocycles. The molecule has 1 aromatic heterocycles.